The molecule has 106 valence electrons. The summed E-state index contributed by atoms with van der Waals surface area (Å²) >= 11 is 11.5. The number of hydrogen-bond donors (Lipinski definition) is 0. The van der Waals surface area contributed by atoms with E-state index in [2.05, 4.69) is 27.7 Å². The first-order valence-corrected chi connectivity index (χ1v) is 7.55. The lowest BCUT2D eigenvalue weighted by Gasteiger charge is -2.33. The number of hydrogen-bond acceptors (Lipinski definition) is 1. The van der Waals surface area contributed by atoms with E-state index in [9.17, 15) is 4.79 Å². The second-order valence-corrected chi connectivity index (χ2v) is 6.74. The molecule has 2 nitrogen and oxygen atoms in total. The average molecular weight is 302 g/mol. The van der Waals surface area contributed by atoms with Gasteiger partial charge >= 0.3 is 0 Å². The van der Waals surface area contributed by atoms with E-state index in [0.29, 0.717) is 5.92 Å². The van der Waals surface area contributed by atoms with Crippen LogP contribution in [-0.2, 0) is 4.79 Å². The SMILES string of the molecule is CC1=C(C)C(C)C(C2(C(=O)N(Cl)Cl)CCCC2)=C1C. The Morgan fingerprint density at radius 2 is 1.68 bits per heavy atom. The third-order valence-corrected chi connectivity index (χ3v) is 5.48. The van der Waals surface area contributed by atoms with Crippen LogP contribution in [0.1, 0.15) is 53.4 Å². The van der Waals surface area contributed by atoms with Crippen molar-refractivity contribution in [2.45, 2.75) is 53.4 Å². The molecule has 1 saturated carbocycles. The summed E-state index contributed by atoms with van der Waals surface area (Å²) < 4.78 is 0.737. The zero-order valence-electron chi connectivity index (χ0n) is 12.0. The van der Waals surface area contributed by atoms with Gasteiger partial charge < -0.3 is 0 Å². The Morgan fingerprint density at radius 3 is 2.05 bits per heavy atom. The van der Waals surface area contributed by atoms with Gasteiger partial charge in [-0.15, -0.1) is 0 Å². The first-order chi connectivity index (χ1) is 8.83. The molecule has 0 N–H and O–H groups in total. The maximum Gasteiger partial charge on any atom is 0.262 e. The van der Waals surface area contributed by atoms with Crippen molar-refractivity contribution >= 4 is 29.5 Å². The quantitative estimate of drug-likeness (QED) is 0.658. The van der Waals surface area contributed by atoms with Crippen molar-refractivity contribution in [2.75, 3.05) is 0 Å². The van der Waals surface area contributed by atoms with Crippen molar-refractivity contribution in [1.82, 2.24) is 3.94 Å². The number of halogens is 2. The van der Waals surface area contributed by atoms with Crippen molar-refractivity contribution in [3.63, 3.8) is 0 Å². The summed E-state index contributed by atoms with van der Waals surface area (Å²) in [7, 11) is 0. The van der Waals surface area contributed by atoms with Gasteiger partial charge in [0, 0.05) is 23.6 Å². The fraction of sp³-hybridized carbons (Fsp3) is 0.667. The molecule has 0 aliphatic heterocycles. The minimum absolute atomic E-state index is 0.156. The first-order valence-electron chi connectivity index (χ1n) is 6.88. The summed E-state index contributed by atoms with van der Waals surface area (Å²) in [6, 6.07) is 0. The molecule has 4 heteroatoms. The van der Waals surface area contributed by atoms with Crippen molar-refractivity contribution < 1.29 is 4.79 Å². The zero-order chi connectivity index (χ0) is 14.4. The van der Waals surface area contributed by atoms with Gasteiger partial charge in [0.15, 0.2) is 0 Å². The van der Waals surface area contributed by atoms with Gasteiger partial charge in [-0.2, -0.15) is 3.94 Å². The number of amides is 1. The van der Waals surface area contributed by atoms with Crippen LogP contribution in [0, 0.1) is 11.3 Å². The third kappa shape index (κ3) is 2.13. The second-order valence-electron chi connectivity index (χ2n) is 5.90. The lowest BCUT2D eigenvalue weighted by molar-refractivity contribution is -0.131. The van der Waals surface area contributed by atoms with Crippen LogP contribution >= 0.6 is 23.6 Å². The summed E-state index contributed by atoms with van der Waals surface area (Å²) in [6.07, 6.45) is 3.85. The van der Waals surface area contributed by atoms with Gasteiger partial charge in [-0.05, 0) is 56.3 Å². The van der Waals surface area contributed by atoms with E-state index in [1.807, 2.05) is 0 Å². The third-order valence-electron chi connectivity index (χ3n) is 5.18. The number of rotatable bonds is 2. The van der Waals surface area contributed by atoms with Gasteiger partial charge in [0.05, 0.1) is 5.41 Å². The molecule has 0 spiro atoms. The summed E-state index contributed by atoms with van der Waals surface area (Å²) in [6.45, 7) is 8.60. The maximum atomic E-state index is 12.6. The molecule has 0 aromatic heterocycles. The van der Waals surface area contributed by atoms with Gasteiger partial charge in [-0.3, -0.25) is 4.79 Å². The number of nitrogens with zero attached hydrogens (tertiary/aromatic N) is 1. The van der Waals surface area contributed by atoms with E-state index in [1.165, 1.54) is 22.3 Å². The normalized spacial score (nSPS) is 26.3. The smallest absolute Gasteiger partial charge is 0.262 e. The molecular weight excluding hydrogens is 281 g/mol. The Labute approximate surface area is 125 Å². The molecule has 19 heavy (non-hydrogen) atoms. The predicted octanol–water partition coefficient (Wildman–Crippen LogP) is 4.99. The number of carbonyl (C=O) groups excluding carboxylic acids is 1. The Bertz CT molecular complexity index is 471. The van der Waals surface area contributed by atoms with E-state index in [1.54, 1.807) is 0 Å². The van der Waals surface area contributed by atoms with Crippen molar-refractivity contribution in [2.24, 2.45) is 11.3 Å². The van der Waals surface area contributed by atoms with Crippen LogP contribution in [0.5, 0.6) is 0 Å². The molecule has 1 unspecified atom stereocenters. The molecular formula is C15H21Cl2NO. The summed E-state index contributed by atoms with van der Waals surface area (Å²) in [5.41, 5.74) is 4.71. The molecule has 1 amide bonds. The van der Waals surface area contributed by atoms with Gasteiger partial charge in [-0.1, -0.05) is 25.3 Å². The molecule has 0 aromatic carbocycles. The van der Waals surface area contributed by atoms with E-state index in [0.717, 1.165) is 29.6 Å². The highest BCUT2D eigenvalue weighted by Gasteiger charge is 2.50. The van der Waals surface area contributed by atoms with Crippen LogP contribution in [0.4, 0.5) is 0 Å². The predicted molar refractivity (Wildman–Crippen MR) is 79.7 cm³/mol. The molecule has 1 fully saturated rings. The largest absolute Gasteiger partial charge is 0.271 e. The van der Waals surface area contributed by atoms with Crippen LogP contribution in [0.15, 0.2) is 22.3 Å². The second kappa shape index (κ2) is 5.14. The van der Waals surface area contributed by atoms with Crippen LogP contribution in [0.2, 0.25) is 0 Å². The molecule has 2 aliphatic carbocycles. The van der Waals surface area contributed by atoms with Crippen molar-refractivity contribution in [3.8, 4) is 0 Å². The van der Waals surface area contributed by atoms with Gasteiger partial charge in [0.25, 0.3) is 5.91 Å². The molecule has 0 aromatic rings. The molecule has 2 rings (SSSR count). The summed E-state index contributed by atoms with van der Waals surface area (Å²) in [4.78, 5) is 12.6. The van der Waals surface area contributed by atoms with Gasteiger partial charge in [0.2, 0.25) is 0 Å². The zero-order valence-corrected chi connectivity index (χ0v) is 13.5. The Hall–Kier alpha value is -0.470. The van der Waals surface area contributed by atoms with E-state index in [-0.39, 0.29) is 5.91 Å². The fourth-order valence-corrected chi connectivity index (χ4v) is 4.20. The van der Waals surface area contributed by atoms with Crippen LogP contribution in [0.3, 0.4) is 0 Å². The molecule has 0 heterocycles. The maximum absolute atomic E-state index is 12.6. The van der Waals surface area contributed by atoms with Crippen molar-refractivity contribution in [1.29, 1.82) is 0 Å². The highest BCUT2D eigenvalue weighted by atomic mass is 35.5. The highest BCUT2D eigenvalue weighted by Crippen LogP contribution is 2.54. The molecule has 1 atom stereocenters. The number of carbonyl (C=O) groups is 1. The Morgan fingerprint density at radius 1 is 1.16 bits per heavy atom. The molecule has 2 aliphatic rings. The van der Waals surface area contributed by atoms with Crippen LogP contribution in [0.25, 0.3) is 0 Å². The van der Waals surface area contributed by atoms with E-state index in [4.69, 9.17) is 23.6 Å². The monoisotopic (exact) mass is 301 g/mol. The lowest BCUT2D eigenvalue weighted by atomic mass is 9.71. The van der Waals surface area contributed by atoms with E-state index < -0.39 is 5.41 Å². The van der Waals surface area contributed by atoms with Gasteiger partial charge in [0.1, 0.15) is 0 Å². The van der Waals surface area contributed by atoms with Crippen LogP contribution in [-0.4, -0.2) is 9.85 Å². The summed E-state index contributed by atoms with van der Waals surface area (Å²) in [5.74, 6) is 0.160. The van der Waals surface area contributed by atoms with Crippen molar-refractivity contribution in [3.05, 3.63) is 22.3 Å². The molecule has 0 saturated heterocycles. The molecule has 0 bridgehead atoms. The Balaban J connectivity index is 2.51. The van der Waals surface area contributed by atoms with Gasteiger partial charge in [-0.25, -0.2) is 0 Å². The molecule has 0 radical (unpaired) electrons. The average Bonchev–Trinajstić information content (AvgIpc) is 2.91. The van der Waals surface area contributed by atoms with Crippen LogP contribution < -0.4 is 0 Å². The summed E-state index contributed by atoms with van der Waals surface area (Å²) in [5, 5.41) is 0. The minimum atomic E-state index is -0.480. The highest BCUT2D eigenvalue weighted by molar-refractivity contribution is 6.42. The first kappa shape index (κ1) is 14.9. The standard InChI is InChI=1S/C15H21Cl2NO/c1-9-10(2)12(4)13(11(9)3)15(7-5-6-8-15)14(19)18(16)17/h11H,5-8H2,1-4H3. The lowest BCUT2D eigenvalue weighted by Crippen LogP contribution is -2.37. The fourth-order valence-electron chi connectivity index (χ4n) is 3.88. The minimum Gasteiger partial charge on any atom is -0.271 e. The number of allylic oxidation sites excluding steroid dienone is 3. The Kier molecular flexibility index (Phi) is 4.04. The topological polar surface area (TPSA) is 20.3 Å². The van der Waals surface area contributed by atoms with E-state index >= 15 is 0 Å².